The van der Waals surface area contributed by atoms with Gasteiger partial charge in [0.05, 0.1) is 0 Å². The molecule has 1 N–H and O–H groups in total. The summed E-state index contributed by atoms with van der Waals surface area (Å²) in [5, 5.41) is 4.48. The first-order valence-electron chi connectivity index (χ1n) is 6.26. The highest BCUT2D eigenvalue weighted by atomic mass is 79.9. The van der Waals surface area contributed by atoms with Crippen LogP contribution >= 0.6 is 15.9 Å². The van der Waals surface area contributed by atoms with Crippen LogP contribution in [0, 0.1) is 5.82 Å². The van der Waals surface area contributed by atoms with E-state index in [0.29, 0.717) is 0 Å². The van der Waals surface area contributed by atoms with E-state index in [-0.39, 0.29) is 17.5 Å². The molecular weight excluding hydrogens is 297 g/mol. The molecule has 0 aliphatic carbocycles. The first kappa shape index (κ1) is 13.8. The van der Waals surface area contributed by atoms with Gasteiger partial charge < -0.3 is 10.1 Å². The topological polar surface area (TPSA) is 21.3 Å². The van der Waals surface area contributed by atoms with Gasteiger partial charge in [0, 0.05) is 29.4 Å². The van der Waals surface area contributed by atoms with Crippen LogP contribution < -0.4 is 10.1 Å². The predicted molar refractivity (Wildman–Crippen MR) is 75.0 cm³/mol. The molecule has 1 aliphatic heterocycles. The van der Waals surface area contributed by atoms with Crippen molar-refractivity contribution in [3.63, 3.8) is 0 Å². The summed E-state index contributed by atoms with van der Waals surface area (Å²) in [6.07, 6.45) is 1.95. The number of fused-ring (bicyclic) bond motifs is 1. The maximum Gasteiger partial charge on any atom is 0.123 e. The van der Waals surface area contributed by atoms with Gasteiger partial charge in [0.1, 0.15) is 17.7 Å². The van der Waals surface area contributed by atoms with Crippen LogP contribution in [0.1, 0.15) is 25.8 Å². The second-order valence-corrected chi connectivity index (χ2v) is 6.19. The molecule has 2 rings (SSSR count). The summed E-state index contributed by atoms with van der Waals surface area (Å²) >= 11 is 3.46. The molecule has 0 radical (unpaired) electrons. The molecule has 0 spiro atoms. The van der Waals surface area contributed by atoms with Crippen molar-refractivity contribution in [2.24, 2.45) is 0 Å². The average molecular weight is 316 g/mol. The molecular formula is C14H19BrFNO. The molecule has 2 nitrogen and oxygen atoms in total. The summed E-state index contributed by atoms with van der Waals surface area (Å²) in [7, 11) is 0. The highest BCUT2D eigenvalue weighted by Gasteiger charge is 2.25. The number of nitrogens with one attached hydrogen (secondary N) is 1. The zero-order valence-corrected chi connectivity index (χ0v) is 12.4. The van der Waals surface area contributed by atoms with Crippen molar-refractivity contribution < 1.29 is 9.13 Å². The molecule has 1 aromatic rings. The van der Waals surface area contributed by atoms with Crippen LogP contribution in [-0.2, 0) is 6.42 Å². The smallest absolute Gasteiger partial charge is 0.123 e. The Morgan fingerprint density at radius 3 is 3.00 bits per heavy atom. The molecule has 0 aromatic heterocycles. The van der Waals surface area contributed by atoms with E-state index in [1.54, 1.807) is 12.1 Å². The molecule has 1 unspecified atom stereocenters. The van der Waals surface area contributed by atoms with Crippen LogP contribution in [0.25, 0.3) is 0 Å². The standard InChI is InChI=1S/C14H19BrFNO/c1-14(2,5-6-15)17-9-12-8-10-7-11(16)3-4-13(10)18-12/h3-4,7,12,17H,5-6,8-9H2,1-2H3. The number of alkyl halides is 1. The van der Waals surface area contributed by atoms with E-state index < -0.39 is 0 Å². The average Bonchev–Trinajstić information content (AvgIpc) is 2.68. The number of rotatable bonds is 5. The molecule has 0 saturated carbocycles. The van der Waals surface area contributed by atoms with E-state index in [4.69, 9.17) is 4.74 Å². The molecule has 4 heteroatoms. The quantitative estimate of drug-likeness (QED) is 0.842. The Balaban J connectivity index is 1.88. The summed E-state index contributed by atoms with van der Waals surface area (Å²) < 4.78 is 18.9. The highest BCUT2D eigenvalue weighted by molar-refractivity contribution is 9.09. The third kappa shape index (κ3) is 3.45. The summed E-state index contributed by atoms with van der Waals surface area (Å²) in [5.74, 6) is 0.632. The lowest BCUT2D eigenvalue weighted by Gasteiger charge is -2.27. The van der Waals surface area contributed by atoms with Crippen molar-refractivity contribution in [2.45, 2.75) is 38.3 Å². The second kappa shape index (κ2) is 5.57. The van der Waals surface area contributed by atoms with Gasteiger partial charge in [0.15, 0.2) is 0 Å². The maximum absolute atomic E-state index is 13.1. The van der Waals surface area contributed by atoms with Gasteiger partial charge in [-0.05, 0) is 38.5 Å². The molecule has 0 amide bonds. The fraction of sp³-hybridized carbons (Fsp3) is 0.571. The third-order valence-corrected chi connectivity index (χ3v) is 3.69. The monoisotopic (exact) mass is 315 g/mol. The molecule has 0 saturated heterocycles. The summed E-state index contributed by atoms with van der Waals surface area (Å²) in [5.41, 5.74) is 1.06. The summed E-state index contributed by atoms with van der Waals surface area (Å²) in [6, 6.07) is 4.73. The first-order valence-corrected chi connectivity index (χ1v) is 7.38. The van der Waals surface area contributed by atoms with Crippen LogP contribution in [-0.4, -0.2) is 23.5 Å². The lowest BCUT2D eigenvalue weighted by atomic mass is 10.0. The van der Waals surface area contributed by atoms with Crippen LogP contribution in [0.3, 0.4) is 0 Å². The van der Waals surface area contributed by atoms with Gasteiger partial charge in [-0.2, -0.15) is 0 Å². The third-order valence-electron chi connectivity index (χ3n) is 3.29. The van der Waals surface area contributed by atoms with E-state index >= 15 is 0 Å². The highest BCUT2D eigenvalue weighted by Crippen LogP contribution is 2.29. The Bertz CT molecular complexity index is 422. The molecule has 18 heavy (non-hydrogen) atoms. The van der Waals surface area contributed by atoms with Crippen LogP contribution in [0.2, 0.25) is 0 Å². The minimum atomic E-state index is -0.189. The molecule has 1 heterocycles. The number of ether oxygens (including phenoxy) is 1. The Labute approximate surface area is 116 Å². The Kier molecular flexibility index (Phi) is 4.28. The summed E-state index contributed by atoms with van der Waals surface area (Å²) in [4.78, 5) is 0. The first-order chi connectivity index (χ1) is 8.50. The van der Waals surface area contributed by atoms with Crippen molar-refractivity contribution in [2.75, 3.05) is 11.9 Å². The van der Waals surface area contributed by atoms with Crippen LogP contribution in [0.15, 0.2) is 18.2 Å². The van der Waals surface area contributed by atoms with E-state index in [2.05, 4.69) is 35.1 Å². The predicted octanol–water partition coefficient (Wildman–Crippen LogP) is 3.28. The van der Waals surface area contributed by atoms with Gasteiger partial charge in [-0.3, -0.25) is 0 Å². The fourth-order valence-electron chi connectivity index (χ4n) is 2.12. The van der Waals surface area contributed by atoms with E-state index in [0.717, 1.165) is 36.0 Å². The number of halogens is 2. The summed E-state index contributed by atoms with van der Waals surface area (Å²) in [6.45, 7) is 5.14. The van der Waals surface area contributed by atoms with Crippen LogP contribution in [0.5, 0.6) is 5.75 Å². The molecule has 0 fully saturated rings. The van der Waals surface area contributed by atoms with Crippen molar-refractivity contribution in [1.29, 1.82) is 0 Å². The zero-order valence-electron chi connectivity index (χ0n) is 10.8. The van der Waals surface area contributed by atoms with E-state index in [9.17, 15) is 4.39 Å². The minimum absolute atomic E-state index is 0.0902. The van der Waals surface area contributed by atoms with E-state index in [1.807, 2.05) is 0 Å². The van der Waals surface area contributed by atoms with E-state index in [1.165, 1.54) is 6.07 Å². The van der Waals surface area contributed by atoms with Gasteiger partial charge in [-0.15, -0.1) is 0 Å². The Morgan fingerprint density at radius 2 is 2.28 bits per heavy atom. The maximum atomic E-state index is 13.1. The molecule has 1 atom stereocenters. The number of hydrogen-bond donors (Lipinski definition) is 1. The molecule has 0 bridgehead atoms. The zero-order chi connectivity index (χ0) is 13.2. The second-order valence-electron chi connectivity index (χ2n) is 5.40. The van der Waals surface area contributed by atoms with Gasteiger partial charge in [-0.25, -0.2) is 4.39 Å². The Hall–Kier alpha value is -0.610. The van der Waals surface area contributed by atoms with Crippen molar-refractivity contribution in [3.8, 4) is 5.75 Å². The lowest BCUT2D eigenvalue weighted by Crippen LogP contribution is -2.44. The molecule has 100 valence electrons. The minimum Gasteiger partial charge on any atom is -0.488 e. The van der Waals surface area contributed by atoms with Gasteiger partial charge in [-0.1, -0.05) is 15.9 Å². The molecule has 1 aromatic carbocycles. The largest absolute Gasteiger partial charge is 0.488 e. The Morgan fingerprint density at radius 1 is 1.50 bits per heavy atom. The SMILES string of the molecule is CC(C)(CCBr)NCC1Cc2cc(F)ccc2O1. The van der Waals surface area contributed by atoms with Crippen molar-refractivity contribution >= 4 is 15.9 Å². The number of hydrogen-bond acceptors (Lipinski definition) is 2. The molecule has 1 aliphatic rings. The van der Waals surface area contributed by atoms with Crippen LogP contribution in [0.4, 0.5) is 4.39 Å². The van der Waals surface area contributed by atoms with Crippen molar-refractivity contribution in [3.05, 3.63) is 29.6 Å². The van der Waals surface area contributed by atoms with Gasteiger partial charge in [0.2, 0.25) is 0 Å². The normalized spacial score (nSPS) is 18.6. The lowest BCUT2D eigenvalue weighted by molar-refractivity contribution is 0.207. The number of benzene rings is 1. The van der Waals surface area contributed by atoms with Gasteiger partial charge in [0.25, 0.3) is 0 Å². The fourth-order valence-corrected chi connectivity index (χ4v) is 3.11. The van der Waals surface area contributed by atoms with Gasteiger partial charge >= 0.3 is 0 Å². The van der Waals surface area contributed by atoms with Crippen molar-refractivity contribution in [1.82, 2.24) is 5.32 Å².